The first-order valence-corrected chi connectivity index (χ1v) is 12.2. The summed E-state index contributed by atoms with van der Waals surface area (Å²) in [6, 6.07) is 17.3. The number of furan rings is 1. The van der Waals surface area contributed by atoms with Crippen LogP contribution in [0.5, 0.6) is 0 Å². The summed E-state index contributed by atoms with van der Waals surface area (Å²) in [5, 5.41) is 12.0. The van der Waals surface area contributed by atoms with Crippen LogP contribution >= 0.6 is 0 Å². The standard InChI is InChI=1S/C28H33N3O4/c1-20-7-3-4-8-24(20)30-14-16-31(17-15-30)25-12-11-22(26(33)9-5-6-18-32)19-23(25)29-28(34)27-13-10-21(2)35-27/h3-4,7-8,10-13,19,32H,5-6,9,14-18H2,1-2H3,(H,29,34). The Morgan fingerprint density at radius 1 is 0.914 bits per heavy atom. The Morgan fingerprint density at radius 2 is 1.63 bits per heavy atom. The molecule has 184 valence electrons. The van der Waals surface area contributed by atoms with E-state index in [0.29, 0.717) is 36.3 Å². The second-order valence-electron chi connectivity index (χ2n) is 8.96. The molecule has 1 aromatic heterocycles. The van der Waals surface area contributed by atoms with Crippen LogP contribution in [0.2, 0.25) is 0 Å². The number of nitrogens with one attached hydrogen (secondary N) is 1. The highest BCUT2D eigenvalue weighted by Gasteiger charge is 2.23. The minimum atomic E-state index is -0.345. The number of piperazine rings is 1. The van der Waals surface area contributed by atoms with E-state index in [1.165, 1.54) is 11.3 Å². The van der Waals surface area contributed by atoms with Crippen molar-refractivity contribution in [1.29, 1.82) is 0 Å². The second-order valence-corrected chi connectivity index (χ2v) is 8.96. The molecule has 35 heavy (non-hydrogen) atoms. The predicted molar refractivity (Wildman–Crippen MR) is 139 cm³/mol. The molecule has 0 saturated carbocycles. The molecule has 4 rings (SSSR count). The van der Waals surface area contributed by atoms with Crippen molar-refractivity contribution in [2.45, 2.75) is 33.1 Å². The topological polar surface area (TPSA) is 86.0 Å². The van der Waals surface area contributed by atoms with Gasteiger partial charge in [-0.2, -0.15) is 0 Å². The molecule has 1 amide bonds. The van der Waals surface area contributed by atoms with Gasteiger partial charge in [0.2, 0.25) is 0 Å². The lowest BCUT2D eigenvalue weighted by molar-refractivity contribution is 0.0973. The summed E-state index contributed by atoms with van der Waals surface area (Å²) < 4.78 is 5.50. The van der Waals surface area contributed by atoms with Gasteiger partial charge in [-0.3, -0.25) is 9.59 Å². The fourth-order valence-electron chi connectivity index (χ4n) is 4.47. The monoisotopic (exact) mass is 475 g/mol. The lowest BCUT2D eigenvalue weighted by atomic mass is 10.0. The molecule has 0 bridgehead atoms. The Bertz CT molecular complexity index is 1180. The van der Waals surface area contributed by atoms with Crippen molar-refractivity contribution in [3.8, 4) is 0 Å². The molecule has 0 spiro atoms. The Hall–Kier alpha value is -3.58. The van der Waals surface area contributed by atoms with Crippen LogP contribution in [-0.4, -0.2) is 49.6 Å². The first-order valence-electron chi connectivity index (χ1n) is 12.2. The van der Waals surface area contributed by atoms with Gasteiger partial charge >= 0.3 is 0 Å². The Labute approximate surface area is 206 Å². The van der Waals surface area contributed by atoms with Crippen molar-refractivity contribution >= 4 is 28.8 Å². The van der Waals surface area contributed by atoms with E-state index < -0.39 is 0 Å². The van der Waals surface area contributed by atoms with E-state index >= 15 is 0 Å². The Kier molecular flexibility index (Phi) is 7.87. The number of carbonyl (C=O) groups is 2. The molecule has 7 heteroatoms. The first kappa shape index (κ1) is 24.5. The number of hydrogen-bond donors (Lipinski definition) is 2. The van der Waals surface area contributed by atoms with Crippen molar-refractivity contribution in [2.75, 3.05) is 47.9 Å². The van der Waals surface area contributed by atoms with Crippen LogP contribution in [0.1, 0.15) is 51.5 Å². The molecule has 0 aliphatic carbocycles. The maximum Gasteiger partial charge on any atom is 0.291 e. The highest BCUT2D eigenvalue weighted by Crippen LogP contribution is 2.31. The summed E-state index contributed by atoms with van der Waals surface area (Å²) in [6.07, 6.45) is 1.58. The molecular weight excluding hydrogens is 442 g/mol. The fourth-order valence-corrected chi connectivity index (χ4v) is 4.47. The SMILES string of the molecule is Cc1ccc(C(=O)Nc2cc(C(=O)CCCCO)ccc2N2CCN(c3ccccc3C)CC2)o1. The summed E-state index contributed by atoms with van der Waals surface area (Å²) >= 11 is 0. The summed E-state index contributed by atoms with van der Waals surface area (Å²) in [5.74, 6) is 0.550. The van der Waals surface area contributed by atoms with Crippen LogP contribution in [0.4, 0.5) is 17.1 Å². The molecule has 1 saturated heterocycles. The van der Waals surface area contributed by atoms with Crippen LogP contribution in [0.3, 0.4) is 0 Å². The van der Waals surface area contributed by atoms with Crippen molar-refractivity contribution in [2.24, 2.45) is 0 Å². The molecule has 2 N–H and O–H groups in total. The maximum atomic E-state index is 12.9. The van der Waals surface area contributed by atoms with E-state index in [0.717, 1.165) is 31.9 Å². The van der Waals surface area contributed by atoms with Crippen LogP contribution in [-0.2, 0) is 0 Å². The fraction of sp³-hybridized carbons (Fsp3) is 0.357. The van der Waals surface area contributed by atoms with Gasteiger partial charge in [0.25, 0.3) is 5.91 Å². The smallest absolute Gasteiger partial charge is 0.291 e. The third kappa shape index (κ3) is 5.92. The number of amides is 1. The van der Waals surface area contributed by atoms with Gasteiger partial charge in [-0.1, -0.05) is 18.2 Å². The van der Waals surface area contributed by atoms with E-state index in [4.69, 9.17) is 9.52 Å². The molecule has 2 heterocycles. The molecule has 2 aromatic carbocycles. The average Bonchev–Trinajstić information content (AvgIpc) is 3.31. The number of unbranched alkanes of at least 4 members (excludes halogenated alkanes) is 1. The van der Waals surface area contributed by atoms with Crippen LogP contribution in [0.25, 0.3) is 0 Å². The summed E-state index contributed by atoms with van der Waals surface area (Å²) in [6.45, 7) is 7.30. The molecule has 1 aliphatic heterocycles. The van der Waals surface area contributed by atoms with Gasteiger partial charge in [0.15, 0.2) is 11.5 Å². The van der Waals surface area contributed by atoms with Gasteiger partial charge in [0.1, 0.15) is 5.76 Å². The third-order valence-corrected chi connectivity index (χ3v) is 6.42. The van der Waals surface area contributed by atoms with Gasteiger partial charge in [0, 0.05) is 50.5 Å². The number of ketones is 1. The van der Waals surface area contributed by atoms with E-state index in [1.54, 1.807) is 25.1 Å². The van der Waals surface area contributed by atoms with Crippen molar-refractivity contribution in [3.63, 3.8) is 0 Å². The van der Waals surface area contributed by atoms with Crippen molar-refractivity contribution in [1.82, 2.24) is 0 Å². The van der Waals surface area contributed by atoms with Gasteiger partial charge in [-0.15, -0.1) is 0 Å². The highest BCUT2D eigenvalue weighted by atomic mass is 16.3. The summed E-state index contributed by atoms with van der Waals surface area (Å²) in [5.41, 5.74) is 4.54. The summed E-state index contributed by atoms with van der Waals surface area (Å²) in [7, 11) is 0. The van der Waals surface area contributed by atoms with E-state index in [9.17, 15) is 9.59 Å². The van der Waals surface area contributed by atoms with Gasteiger partial charge in [0.05, 0.1) is 11.4 Å². The Morgan fingerprint density at radius 3 is 2.29 bits per heavy atom. The number of aliphatic hydroxyl groups is 1. The molecule has 0 unspecified atom stereocenters. The molecular formula is C28H33N3O4. The van der Waals surface area contributed by atoms with Crippen LogP contribution in [0, 0.1) is 13.8 Å². The second kappa shape index (κ2) is 11.2. The maximum absolute atomic E-state index is 12.9. The number of nitrogens with zero attached hydrogens (tertiary/aromatic N) is 2. The molecule has 3 aromatic rings. The zero-order valence-electron chi connectivity index (χ0n) is 20.4. The number of para-hydroxylation sites is 1. The van der Waals surface area contributed by atoms with Gasteiger partial charge < -0.3 is 24.6 Å². The van der Waals surface area contributed by atoms with Crippen LogP contribution < -0.4 is 15.1 Å². The minimum Gasteiger partial charge on any atom is -0.456 e. The quantitative estimate of drug-likeness (QED) is 0.341. The summed E-state index contributed by atoms with van der Waals surface area (Å²) in [4.78, 5) is 30.2. The lowest BCUT2D eigenvalue weighted by Crippen LogP contribution is -2.47. The number of hydrogen-bond acceptors (Lipinski definition) is 6. The predicted octanol–water partition coefficient (Wildman–Crippen LogP) is 4.82. The molecule has 0 radical (unpaired) electrons. The normalized spacial score (nSPS) is 13.7. The average molecular weight is 476 g/mol. The van der Waals surface area contributed by atoms with Gasteiger partial charge in [-0.05, 0) is 68.7 Å². The number of carbonyl (C=O) groups excluding carboxylic acids is 2. The Balaban J connectivity index is 1.55. The first-order chi connectivity index (χ1) is 17.0. The van der Waals surface area contributed by atoms with Crippen molar-refractivity contribution in [3.05, 3.63) is 77.2 Å². The van der Waals surface area contributed by atoms with E-state index in [2.05, 4.69) is 46.3 Å². The molecule has 1 aliphatic rings. The number of aryl methyl sites for hydroxylation is 2. The number of Topliss-reactive ketones (excluding diaryl/α,β-unsaturated/α-hetero) is 1. The van der Waals surface area contributed by atoms with Gasteiger partial charge in [-0.25, -0.2) is 0 Å². The number of rotatable bonds is 9. The zero-order valence-corrected chi connectivity index (χ0v) is 20.4. The third-order valence-electron chi connectivity index (χ3n) is 6.42. The van der Waals surface area contributed by atoms with E-state index in [1.807, 2.05) is 12.1 Å². The zero-order chi connectivity index (χ0) is 24.8. The number of benzene rings is 2. The largest absolute Gasteiger partial charge is 0.456 e. The molecule has 1 fully saturated rings. The van der Waals surface area contributed by atoms with Crippen LogP contribution in [0.15, 0.2) is 59.0 Å². The molecule has 7 nitrogen and oxygen atoms in total. The number of anilines is 3. The molecule has 0 atom stereocenters. The van der Waals surface area contributed by atoms with Crippen molar-refractivity contribution < 1.29 is 19.1 Å². The number of aliphatic hydroxyl groups excluding tert-OH is 1. The van der Waals surface area contributed by atoms with E-state index in [-0.39, 0.29) is 24.1 Å². The highest BCUT2D eigenvalue weighted by molar-refractivity contribution is 6.06. The lowest BCUT2D eigenvalue weighted by Gasteiger charge is -2.38. The minimum absolute atomic E-state index is 0.00119.